The van der Waals surface area contributed by atoms with Gasteiger partial charge in [0.1, 0.15) is 17.3 Å². The van der Waals surface area contributed by atoms with Gasteiger partial charge in [-0.2, -0.15) is 0 Å². The topological polar surface area (TPSA) is 29.5 Å². The fourth-order valence-electron chi connectivity index (χ4n) is 1.98. The molecule has 0 saturated carbocycles. The van der Waals surface area contributed by atoms with E-state index in [0.29, 0.717) is 0 Å². The Bertz CT molecular complexity index is 558. The first kappa shape index (κ1) is 9.97. The molecule has 0 saturated heterocycles. The molecule has 0 fully saturated rings. The summed E-state index contributed by atoms with van der Waals surface area (Å²) in [7, 11) is 0. The predicted octanol–water partition coefficient (Wildman–Crippen LogP) is 3.37. The van der Waals surface area contributed by atoms with Crippen molar-refractivity contribution in [2.75, 3.05) is 0 Å². The van der Waals surface area contributed by atoms with Gasteiger partial charge in [-0.15, -0.1) is 0 Å². The quantitative estimate of drug-likeness (QED) is 0.804. The van der Waals surface area contributed by atoms with Crippen molar-refractivity contribution < 1.29 is 9.84 Å². The Kier molecular flexibility index (Phi) is 2.33. The van der Waals surface area contributed by atoms with E-state index < -0.39 is 0 Å². The molecular weight excluding hydrogens is 212 g/mol. The number of hydrogen-bond acceptors (Lipinski definition) is 2. The number of allylic oxidation sites excluding steroid dienone is 1. The number of ether oxygens (including phenoxy) is 1. The first-order valence-electron chi connectivity index (χ1n) is 5.57. The van der Waals surface area contributed by atoms with Crippen molar-refractivity contribution in [1.29, 1.82) is 0 Å². The Morgan fingerprint density at radius 3 is 2.59 bits per heavy atom. The van der Waals surface area contributed by atoms with Gasteiger partial charge in [0, 0.05) is 17.5 Å². The summed E-state index contributed by atoms with van der Waals surface area (Å²) in [6, 6.07) is 15.2. The van der Waals surface area contributed by atoms with Crippen molar-refractivity contribution in [3.8, 4) is 11.5 Å². The fourth-order valence-corrected chi connectivity index (χ4v) is 1.98. The molecule has 2 heteroatoms. The van der Waals surface area contributed by atoms with Gasteiger partial charge in [-0.25, -0.2) is 0 Å². The van der Waals surface area contributed by atoms with Crippen LogP contribution in [0.15, 0.2) is 54.3 Å². The average Bonchev–Trinajstić information content (AvgIpc) is 2.74. The van der Waals surface area contributed by atoms with Gasteiger partial charge in [-0.1, -0.05) is 36.4 Å². The maximum Gasteiger partial charge on any atom is 0.130 e. The average molecular weight is 224 g/mol. The maximum absolute atomic E-state index is 9.69. The Morgan fingerprint density at radius 1 is 1.00 bits per heavy atom. The Labute approximate surface area is 99.8 Å². The second-order valence-electron chi connectivity index (χ2n) is 4.06. The molecule has 0 aromatic heterocycles. The van der Waals surface area contributed by atoms with Crippen molar-refractivity contribution in [2.24, 2.45) is 0 Å². The standard InChI is InChI=1S/C15H12O2/c16-14-7-3-1-5-11(14)9-13-10-12-6-2-4-8-15(12)17-13/h1-9,16H,10H2. The molecule has 0 spiro atoms. The van der Waals surface area contributed by atoms with Crippen LogP contribution in [0.4, 0.5) is 0 Å². The molecule has 3 rings (SSSR count). The zero-order valence-corrected chi connectivity index (χ0v) is 9.26. The third kappa shape index (κ3) is 1.89. The van der Waals surface area contributed by atoms with Crippen LogP contribution in [0.1, 0.15) is 11.1 Å². The molecule has 1 aliphatic heterocycles. The normalized spacial score (nSPS) is 15.6. The van der Waals surface area contributed by atoms with Crippen LogP contribution in [0.5, 0.6) is 11.5 Å². The molecule has 2 aromatic carbocycles. The molecule has 0 amide bonds. The number of para-hydroxylation sites is 2. The molecule has 0 radical (unpaired) electrons. The number of phenols is 1. The van der Waals surface area contributed by atoms with Gasteiger partial charge in [0.05, 0.1) is 0 Å². The van der Waals surface area contributed by atoms with E-state index in [2.05, 4.69) is 6.07 Å². The number of aromatic hydroxyl groups is 1. The van der Waals surface area contributed by atoms with Crippen LogP contribution < -0.4 is 4.74 Å². The van der Waals surface area contributed by atoms with Crippen LogP contribution in [0.25, 0.3) is 6.08 Å². The van der Waals surface area contributed by atoms with Crippen LogP contribution in [0.2, 0.25) is 0 Å². The minimum atomic E-state index is 0.277. The van der Waals surface area contributed by atoms with Crippen LogP contribution in [0, 0.1) is 0 Å². The number of fused-ring (bicyclic) bond motifs is 1. The van der Waals surface area contributed by atoms with Gasteiger partial charge in [0.15, 0.2) is 0 Å². The number of phenolic OH excluding ortho intramolecular Hbond substituents is 1. The zero-order chi connectivity index (χ0) is 11.7. The van der Waals surface area contributed by atoms with Gasteiger partial charge in [-0.3, -0.25) is 0 Å². The Morgan fingerprint density at radius 2 is 1.76 bits per heavy atom. The summed E-state index contributed by atoms with van der Waals surface area (Å²) in [5.74, 6) is 2.06. The molecule has 1 aliphatic rings. The first-order valence-corrected chi connectivity index (χ1v) is 5.57. The van der Waals surface area contributed by atoms with Gasteiger partial charge >= 0.3 is 0 Å². The summed E-state index contributed by atoms with van der Waals surface area (Å²) in [5.41, 5.74) is 1.98. The maximum atomic E-state index is 9.69. The van der Waals surface area contributed by atoms with Gasteiger partial charge < -0.3 is 9.84 Å². The van der Waals surface area contributed by atoms with E-state index in [1.807, 2.05) is 42.5 Å². The van der Waals surface area contributed by atoms with E-state index in [-0.39, 0.29) is 5.75 Å². The van der Waals surface area contributed by atoms with Crippen molar-refractivity contribution in [2.45, 2.75) is 6.42 Å². The third-order valence-electron chi connectivity index (χ3n) is 2.83. The SMILES string of the molecule is Oc1ccccc1C=C1Cc2ccccc2O1. The van der Waals surface area contributed by atoms with Gasteiger partial charge in [-0.05, 0) is 18.2 Å². The van der Waals surface area contributed by atoms with E-state index in [1.54, 1.807) is 6.07 Å². The van der Waals surface area contributed by atoms with E-state index >= 15 is 0 Å². The zero-order valence-electron chi connectivity index (χ0n) is 9.26. The van der Waals surface area contributed by atoms with Gasteiger partial charge in [0.25, 0.3) is 0 Å². The molecule has 84 valence electrons. The highest BCUT2D eigenvalue weighted by Gasteiger charge is 2.16. The molecule has 1 heterocycles. The molecule has 0 atom stereocenters. The van der Waals surface area contributed by atoms with E-state index in [0.717, 1.165) is 23.5 Å². The van der Waals surface area contributed by atoms with Crippen molar-refractivity contribution >= 4 is 6.08 Å². The van der Waals surface area contributed by atoms with E-state index in [1.165, 1.54) is 5.56 Å². The highest BCUT2D eigenvalue weighted by atomic mass is 16.5. The first-order chi connectivity index (χ1) is 8.33. The number of rotatable bonds is 1. The lowest BCUT2D eigenvalue weighted by Crippen LogP contribution is -1.87. The Hall–Kier alpha value is -2.22. The molecule has 1 N–H and O–H groups in total. The summed E-state index contributed by atoms with van der Waals surface area (Å²) < 4.78 is 5.72. The van der Waals surface area contributed by atoms with Crippen LogP contribution in [-0.2, 0) is 6.42 Å². The second-order valence-corrected chi connectivity index (χ2v) is 4.06. The lowest BCUT2D eigenvalue weighted by atomic mass is 10.1. The summed E-state index contributed by atoms with van der Waals surface area (Å²) >= 11 is 0. The molecule has 0 unspecified atom stereocenters. The van der Waals surface area contributed by atoms with E-state index in [9.17, 15) is 5.11 Å². The highest BCUT2D eigenvalue weighted by Crippen LogP contribution is 2.32. The number of hydrogen-bond donors (Lipinski definition) is 1. The summed E-state index contributed by atoms with van der Waals surface area (Å²) in [4.78, 5) is 0. The fraction of sp³-hybridized carbons (Fsp3) is 0.0667. The molecular formula is C15H12O2. The molecule has 2 aromatic rings. The van der Waals surface area contributed by atoms with E-state index in [4.69, 9.17) is 4.74 Å². The molecule has 17 heavy (non-hydrogen) atoms. The highest BCUT2D eigenvalue weighted by molar-refractivity contribution is 5.61. The van der Waals surface area contributed by atoms with Crippen molar-refractivity contribution in [3.63, 3.8) is 0 Å². The lowest BCUT2D eigenvalue weighted by molar-refractivity contribution is 0.449. The minimum Gasteiger partial charge on any atom is -0.507 e. The largest absolute Gasteiger partial charge is 0.507 e. The van der Waals surface area contributed by atoms with Gasteiger partial charge in [0.2, 0.25) is 0 Å². The minimum absolute atomic E-state index is 0.277. The predicted molar refractivity (Wildman–Crippen MR) is 66.9 cm³/mol. The summed E-state index contributed by atoms with van der Waals surface area (Å²) in [6.07, 6.45) is 2.67. The third-order valence-corrected chi connectivity index (χ3v) is 2.83. The Balaban J connectivity index is 1.92. The second kappa shape index (κ2) is 3.98. The van der Waals surface area contributed by atoms with Crippen LogP contribution in [0.3, 0.4) is 0 Å². The molecule has 0 aliphatic carbocycles. The van der Waals surface area contributed by atoms with Crippen LogP contribution in [-0.4, -0.2) is 5.11 Å². The number of benzene rings is 2. The summed E-state index contributed by atoms with van der Waals surface area (Å²) in [6.45, 7) is 0. The molecule has 0 bridgehead atoms. The molecule has 2 nitrogen and oxygen atoms in total. The monoisotopic (exact) mass is 224 g/mol. The van der Waals surface area contributed by atoms with Crippen LogP contribution >= 0.6 is 0 Å². The smallest absolute Gasteiger partial charge is 0.130 e. The summed E-state index contributed by atoms with van der Waals surface area (Å²) in [5, 5.41) is 9.69. The lowest BCUT2D eigenvalue weighted by Gasteiger charge is -2.01. The van der Waals surface area contributed by atoms with Crippen molar-refractivity contribution in [3.05, 3.63) is 65.4 Å². The van der Waals surface area contributed by atoms with Crippen molar-refractivity contribution in [1.82, 2.24) is 0 Å².